The highest BCUT2D eigenvalue weighted by Crippen LogP contribution is 2.26. The van der Waals surface area contributed by atoms with Gasteiger partial charge in [0, 0.05) is 30.1 Å². The molecular formula is C14H19NO2S. The predicted molar refractivity (Wildman–Crippen MR) is 75.2 cm³/mol. The molecular weight excluding hydrogens is 246 g/mol. The molecule has 0 amide bonds. The van der Waals surface area contributed by atoms with Crippen molar-refractivity contribution in [3.05, 3.63) is 35.4 Å². The molecule has 2 unspecified atom stereocenters. The van der Waals surface area contributed by atoms with Crippen molar-refractivity contribution in [3.63, 3.8) is 0 Å². The topological polar surface area (TPSA) is 40.5 Å². The quantitative estimate of drug-likeness (QED) is 0.912. The van der Waals surface area contributed by atoms with Crippen LogP contribution < -0.4 is 0 Å². The Labute approximate surface area is 112 Å². The van der Waals surface area contributed by atoms with Crippen molar-refractivity contribution in [2.45, 2.75) is 31.7 Å². The third-order valence-corrected chi connectivity index (χ3v) is 4.97. The van der Waals surface area contributed by atoms with E-state index >= 15 is 0 Å². The molecule has 0 saturated carbocycles. The molecule has 2 atom stereocenters. The Bertz CT molecular complexity index is 436. The maximum absolute atomic E-state index is 11.2. The van der Waals surface area contributed by atoms with Gasteiger partial charge in [0.25, 0.3) is 0 Å². The van der Waals surface area contributed by atoms with Gasteiger partial charge in [0.2, 0.25) is 0 Å². The molecule has 3 nitrogen and oxygen atoms in total. The van der Waals surface area contributed by atoms with Gasteiger partial charge in [-0.05, 0) is 18.6 Å². The first-order valence-corrected chi connectivity index (χ1v) is 7.31. The SMILES string of the molecule is CC1SCCN(Cc2ccccc2C(=O)O)C1C. The van der Waals surface area contributed by atoms with Crippen LogP contribution in [-0.2, 0) is 6.54 Å². The van der Waals surface area contributed by atoms with Gasteiger partial charge in [0.1, 0.15) is 0 Å². The van der Waals surface area contributed by atoms with Crippen molar-refractivity contribution >= 4 is 17.7 Å². The van der Waals surface area contributed by atoms with E-state index in [1.807, 2.05) is 23.9 Å². The van der Waals surface area contributed by atoms with Gasteiger partial charge in [-0.3, -0.25) is 4.90 Å². The Balaban J connectivity index is 2.16. The Hall–Kier alpha value is -1.00. The van der Waals surface area contributed by atoms with Gasteiger partial charge in [0.15, 0.2) is 0 Å². The van der Waals surface area contributed by atoms with E-state index in [9.17, 15) is 9.90 Å². The largest absolute Gasteiger partial charge is 0.478 e. The second kappa shape index (κ2) is 5.76. The summed E-state index contributed by atoms with van der Waals surface area (Å²) in [6, 6.07) is 7.79. The molecule has 1 heterocycles. The Morgan fingerprint density at radius 1 is 1.44 bits per heavy atom. The Morgan fingerprint density at radius 2 is 2.17 bits per heavy atom. The van der Waals surface area contributed by atoms with Crippen LogP contribution in [0.1, 0.15) is 29.8 Å². The molecule has 0 radical (unpaired) electrons. The monoisotopic (exact) mass is 265 g/mol. The molecule has 1 aliphatic rings. The molecule has 0 bridgehead atoms. The van der Waals surface area contributed by atoms with Crippen LogP contribution in [-0.4, -0.2) is 39.6 Å². The van der Waals surface area contributed by atoms with Gasteiger partial charge in [-0.1, -0.05) is 25.1 Å². The standard InChI is InChI=1S/C14H19NO2S/c1-10-11(2)18-8-7-15(10)9-12-5-3-4-6-13(12)14(16)17/h3-6,10-11H,7-9H2,1-2H3,(H,16,17). The number of nitrogens with zero attached hydrogens (tertiary/aromatic N) is 1. The number of carboxylic acids is 1. The van der Waals surface area contributed by atoms with Crippen LogP contribution >= 0.6 is 11.8 Å². The average molecular weight is 265 g/mol. The zero-order valence-corrected chi connectivity index (χ0v) is 11.6. The summed E-state index contributed by atoms with van der Waals surface area (Å²) in [4.78, 5) is 13.6. The van der Waals surface area contributed by atoms with Crippen LogP contribution in [0.4, 0.5) is 0 Å². The molecule has 1 fully saturated rings. The van der Waals surface area contributed by atoms with Crippen molar-refractivity contribution in [2.75, 3.05) is 12.3 Å². The second-order valence-electron chi connectivity index (χ2n) is 4.75. The van der Waals surface area contributed by atoms with E-state index in [1.54, 1.807) is 12.1 Å². The highest BCUT2D eigenvalue weighted by atomic mass is 32.2. The van der Waals surface area contributed by atoms with Crippen molar-refractivity contribution in [1.82, 2.24) is 4.90 Å². The average Bonchev–Trinajstić information content (AvgIpc) is 2.35. The summed E-state index contributed by atoms with van der Waals surface area (Å²) in [6.45, 7) is 6.23. The maximum Gasteiger partial charge on any atom is 0.336 e. The van der Waals surface area contributed by atoms with Crippen molar-refractivity contribution in [1.29, 1.82) is 0 Å². The minimum atomic E-state index is -0.835. The molecule has 1 saturated heterocycles. The van der Waals surface area contributed by atoms with Crippen molar-refractivity contribution in [3.8, 4) is 0 Å². The molecule has 4 heteroatoms. The number of thioether (sulfide) groups is 1. The fourth-order valence-corrected chi connectivity index (χ4v) is 3.47. The lowest BCUT2D eigenvalue weighted by Crippen LogP contribution is -2.44. The summed E-state index contributed by atoms with van der Waals surface area (Å²) in [7, 11) is 0. The van der Waals surface area contributed by atoms with Crippen LogP contribution in [0.25, 0.3) is 0 Å². The van der Waals surface area contributed by atoms with E-state index in [0.717, 1.165) is 24.4 Å². The second-order valence-corrected chi connectivity index (χ2v) is 6.23. The van der Waals surface area contributed by atoms with Crippen LogP contribution in [0, 0.1) is 0 Å². The van der Waals surface area contributed by atoms with E-state index in [0.29, 0.717) is 16.9 Å². The molecule has 18 heavy (non-hydrogen) atoms. The predicted octanol–water partition coefficient (Wildman–Crippen LogP) is 2.71. The minimum absolute atomic E-state index is 0.426. The molecule has 0 aliphatic carbocycles. The van der Waals surface area contributed by atoms with Gasteiger partial charge in [-0.2, -0.15) is 11.8 Å². The van der Waals surface area contributed by atoms with Crippen molar-refractivity contribution in [2.24, 2.45) is 0 Å². The van der Waals surface area contributed by atoms with Gasteiger partial charge in [-0.15, -0.1) is 0 Å². The third-order valence-electron chi connectivity index (χ3n) is 3.64. The molecule has 0 aromatic heterocycles. The summed E-state index contributed by atoms with van der Waals surface area (Å²) >= 11 is 1.99. The van der Waals surface area contributed by atoms with Crippen LogP contribution in [0.2, 0.25) is 0 Å². The molecule has 1 N–H and O–H groups in total. The smallest absolute Gasteiger partial charge is 0.336 e. The van der Waals surface area contributed by atoms with Crippen LogP contribution in [0.3, 0.4) is 0 Å². The first-order chi connectivity index (χ1) is 8.59. The van der Waals surface area contributed by atoms with Gasteiger partial charge < -0.3 is 5.11 Å². The summed E-state index contributed by atoms with van der Waals surface area (Å²) in [5.74, 6) is 0.290. The molecule has 1 aliphatic heterocycles. The Morgan fingerprint density at radius 3 is 2.89 bits per heavy atom. The molecule has 2 rings (SSSR count). The van der Waals surface area contributed by atoms with Gasteiger partial charge in [0.05, 0.1) is 5.56 Å². The molecule has 1 aromatic rings. The summed E-state index contributed by atoms with van der Waals surface area (Å²) in [5.41, 5.74) is 1.34. The van der Waals surface area contributed by atoms with Crippen LogP contribution in [0.5, 0.6) is 0 Å². The summed E-state index contributed by atoms with van der Waals surface area (Å²) in [6.07, 6.45) is 0. The van der Waals surface area contributed by atoms with E-state index < -0.39 is 5.97 Å². The zero-order valence-electron chi connectivity index (χ0n) is 10.8. The highest BCUT2D eigenvalue weighted by molar-refractivity contribution is 8.00. The van der Waals surface area contributed by atoms with E-state index in [4.69, 9.17) is 0 Å². The lowest BCUT2D eigenvalue weighted by molar-refractivity contribution is 0.0693. The van der Waals surface area contributed by atoms with E-state index in [1.165, 1.54) is 0 Å². The van der Waals surface area contributed by atoms with Gasteiger partial charge in [-0.25, -0.2) is 4.79 Å². The highest BCUT2D eigenvalue weighted by Gasteiger charge is 2.25. The van der Waals surface area contributed by atoms with E-state index in [2.05, 4.69) is 18.7 Å². The van der Waals surface area contributed by atoms with E-state index in [-0.39, 0.29) is 0 Å². The minimum Gasteiger partial charge on any atom is -0.478 e. The lowest BCUT2D eigenvalue weighted by atomic mass is 10.1. The van der Waals surface area contributed by atoms with Crippen LogP contribution in [0.15, 0.2) is 24.3 Å². The number of hydrogen-bond donors (Lipinski definition) is 1. The Kier molecular flexibility index (Phi) is 4.30. The summed E-state index contributed by atoms with van der Waals surface area (Å²) < 4.78 is 0. The molecule has 98 valence electrons. The third kappa shape index (κ3) is 2.87. The zero-order chi connectivity index (χ0) is 13.1. The number of hydrogen-bond acceptors (Lipinski definition) is 3. The summed E-state index contributed by atoms with van der Waals surface area (Å²) in [5, 5.41) is 9.80. The van der Waals surface area contributed by atoms with Crippen molar-refractivity contribution < 1.29 is 9.90 Å². The fourth-order valence-electron chi connectivity index (χ4n) is 2.30. The lowest BCUT2D eigenvalue weighted by Gasteiger charge is -2.37. The first kappa shape index (κ1) is 13.4. The number of aromatic carboxylic acids is 1. The maximum atomic E-state index is 11.2. The number of benzene rings is 1. The molecule has 1 aromatic carbocycles. The normalized spacial score (nSPS) is 25.0. The first-order valence-electron chi connectivity index (χ1n) is 6.26. The fraction of sp³-hybridized carbons (Fsp3) is 0.500. The van der Waals surface area contributed by atoms with Gasteiger partial charge >= 0.3 is 5.97 Å². The number of carboxylic acid groups (broad SMARTS) is 1. The number of rotatable bonds is 3. The molecule has 0 spiro atoms. The number of carbonyl (C=O) groups is 1.